The van der Waals surface area contributed by atoms with Gasteiger partial charge in [0.15, 0.2) is 0 Å². The zero-order valence-electron chi connectivity index (χ0n) is 6.49. The van der Waals surface area contributed by atoms with Gasteiger partial charge in [-0.1, -0.05) is 28.7 Å². The number of hydrogen-bond acceptors (Lipinski definition) is 0. The molecule has 0 nitrogen and oxygen atoms in total. The first-order valence-electron chi connectivity index (χ1n) is 3.74. The van der Waals surface area contributed by atoms with Gasteiger partial charge in [0.05, 0.1) is 0 Å². The standard InChI is InChI=1S/C9H9F2I/c10-8-4-3-7(2-1-5-12)9(11)6-8/h3-4,6H,1-2,5H2. The summed E-state index contributed by atoms with van der Waals surface area (Å²) in [5, 5.41) is 0. The van der Waals surface area contributed by atoms with E-state index in [4.69, 9.17) is 0 Å². The zero-order chi connectivity index (χ0) is 8.97. The van der Waals surface area contributed by atoms with Gasteiger partial charge in [-0.05, 0) is 28.9 Å². The Labute approximate surface area is 84.1 Å². The summed E-state index contributed by atoms with van der Waals surface area (Å²) in [7, 11) is 0. The van der Waals surface area contributed by atoms with Crippen LogP contribution in [-0.2, 0) is 6.42 Å². The van der Waals surface area contributed by atoms with Crippen molar-refractivity contribution in [3.8, 4) is 0 Å². The van der Waals surface area contributed by atoms with Crippen molar-refractivity contribution >= 4 is 22.6 Å². The normalized spacial score (nSPS) is 10.2. The Balaban J connectivity index is 2.72. The topological polar surface area (TPSA) is 0 Å². The highest BCUT2D eigenvalue weighted by Gasteiger charge is 2.02. The van der Waals surface area contributed by atoms with Crippen LogP contribution in [0.3, 0.4) is 0 Å². The van der Waals surface area contributed by atoms with Crippen LogP contribution in [0, 0.1) is 11.6 Å². The van der Waals surface area contributed by atoms with Crippen molar-refractivity contribution in [2.75, 3.05) is 4.43 Å². The average molecular weight is 282 g/mol. The number of hydrogen-bond donors (Lipinski definition) is 0. The van der Waals surface area contributed by atoms with Crippen molar-refractivity contribution in [2.24, 2.45) is 0 Å². The molecule has 0 amide bonds. The van der Waals surface area contributed by atoms with Gasteiger partial charge < -0.3 is 0 Å². The van der Waals surface area contributed by atoms with E-state index in [1.54, 1.807) is 0 Å². The summed E-state index contributed by atoms with van der Waals surface area (Å²) in [4.78, 5) is 0. The molecule has 0 unspecified atom stereocenters. The lowest BCUT2D eigenvalue weighted by atomic mass is 10.1. The molecule has 0 aliphatic carbocycles. The Morgan fingerprint density at radius 2 is 2.00 bits per heavy atom. The van der Waals surface area contributed by atoms with E-state index in [-0.39, 0.29) is 0 Å². The van der Waals surface area contributed by atoms with Gasteiger partial charge in [-0.3, -0.25) is 0 Å². The number of alkyl halides is 1. The van der Waals surface area contributed by atoms with Gasteiger partial charge in [0, 0.05) is 6.07 Å². The summed E-state index contributed by atoms with van der Waals surface area (Å²) in [5.41, 5.74) is 0.605. The third kappa shape index (κ3) is 2.69. The Bertz CT molecular complexity index is 261. The van der Waals surface area contributed by atoms with Gasteiger partial charge in [-0.15, -0.1) is 0 Å². The van der Waals surface area contributed by atoms with Gasteiger partial charge in [0.25, 0.3) is 0 Å². The van der Waals surface area contributed by atoms with E-state index in [1.807, 2.05) is 0 Å². The molecule has 0 heterocycles. The first kappa shape index (κ1) is 9.89. The molecular formula is C9H9F2I. The molecule has 1 rings (SSSR count). The molecule has 66 valence electrons. The highest BCUT2D eigenvalue weighted by molar-refractivity contribution is 14.1. The zero-order valence-corrected chi connectivity index (χ0v) is 8.64. The molecule has 0 aliphatic rings. The minimum Gasteiger partial charge on any atom is -0.207 e. The largest absolute Gasteiger partial charge is 0.207 e. The molecule has 0 atom stereocenters. The van der Waals surface area contributed by atoms with Crippen LogP contribution in [0.2, 0.25) is 0 Å². The second-order valence-corrected chi connectivity index (χ2v) is 3.61. The maximum atomic E-state index is 12.9. The molecular weight excluding hydrogens is 273 g/mol. The summed E-state index contributed by atoms with van der Waals surface area (Å²) >= 11 is 2.24. The maximum absolute atomic E-state index is 12.9. The van der Waals surface area contributed by atoms with Gasteiger partial charge in [0.1, 0.15) is 11.6 Å². The third-order valence-electron chi connectivity index (χ3n) is 1.59. The van der Waals surface area contributed by atoms with Crippen molar-refractivity contribution < 1.29 is 8.78 Å². The van der Waals surface area contributed by atoms with E-state index in [0.717, 1.165) is 16.9 Å². The monoisotopic (exact) mass is 282 g/mol. The van der Waals surface area contributed by atoms with Crippen LogP contribution >= 0.6 is 22.6 Å². The van der Waals surface area contributed by atoms with Crippen molar-refractivity contribution in [1.82, 2.24) is 0 Å². The fourth-order valence-electron chi connectivity index (χ4n) is 0.982. The molecule has 0 spiro atoms. The Morgan fingerprint density at radius 3 is 2.58 bits per heavy atom. The van der Waals surface area contributed by atoms with Crippen LogP contribution in [-0.4, -0.2) is 4.43 Å². The second kappa shape index (κ2) is 4.74. The van der Waals surface area contributed by atoms with Crippen molar-refractivity contribution in [1.29, 1.82) is 0 Å². The van der Waals surface area contributed by atoms with E-state index < -0.39 is 11.6 Å². The molecule has 0 aromatic heterocycles. The van der Waals surface area contributed by atoms with Gasteiger partial charge >= 0.3 is 0 Å². The minimum atomic E-state index is -0.509. The number of aryl methyl sites for hydroxylation is 1. The molecule has 0 saturated carbocycles. The predicted molar refractivity (Wildman–Crippen MR) is 53.6 cm³/mol. The van der Waals surface area contributed by atoms with Crippen molar-refractivity contribution in [3.63, 3.8) is 0 Å². The third-order valence-corrected chi connectivity index (χ3v) is 2.36. The lowest BCUT2D eigenvalue weighted by Crippen LogP contribution is -1.92. The van der Waals surface area contributed by atoms with Gasteiger partial charge in [-0.2, -0.15) is 0 Å². The molecule has 0 fully saturated rings. The molecule has 1 aromatic carbocycles. The highest BCUT2D eigenvalue weighted by atomic mass is 127. The van der Waals surface area contributed by atoms with E-state index in [2.05, 4.69) is 22.6 Å². The van der Waals surface area contributed by atoms with Crippen LogP contribution in [0.1, 0.15) is 12.0 Å². The number of rotatable bonds is 3. The lowest BCUT2D eigenvalue weighted by molar-refractivity contribution is 0.571. The van der Waals surface area contributed by atoms with E-state index in [1.165, 1.54) is 12.1 Å². The summed E-state index contributed by atoms with van der Waals surface area (Å²) < 4.78 is 26.4. The van der Waals surface area contributed by atoms with Crippen LogP contribution < -0.4 is 0 Å². The highest BCUT2D eigenvalue weighted by Crippen LogP contribution is 2.11. The first-order chi connectivity index (χ1) is 5.74. The first-order valence-corrected chi connectivity index (χ1v) is 5.26. The predicted octanol–water partition coefficient (Wildman–Crippen LogP) is 3.33. The van der Waals surface area contributed by atoms with Gasteiger partial charge in [-0.25, -0.2) is 8.78 Å². The van der Waals surface area contributed by atoms with Crippen LogP contribution in [0.15, 0.2) is 18.2 Å². The summed E-state index contributed by atoms with van der Waals surface area (Å²) in [6, 6.07) is 3.74. The van der Waals surface area contributed by atoms with Crippen LogP contribution in [0.5, 0.6) is 0 Å². The molecule has 0 saturated heterocycles. The summed E-state index contributed by atoms with van der Waals surface area (Å²) in [5.74, 6) is -0.939. The van der Waals surface area contributed by atoms with E-state index >= 15 is 0 Å². The molecule has 0 N–H and O–H groups in total. The molecule has 1 aromatic rings. The molecule has 0 bridgehead atoms. The fraction of sp³-hybridized carbons (Fsp3) is 0.333. The Morgan fingerprint density at radius 1 is 1.25 bits per heavy atom. The minimum absolute atomic E-state index is 0.431. The fourth-order valence-corrected chi connectivity index (χ4v) is 1.36. The summed E-state index contributed by atoms with van der Waals surface area (Å²) in [6.07, 6.45) is 1.62. The Kier molecular flexibility index (Phi) is 3.91. The van der Waals surface area contributed by atoms with Gasteiger partial charge in [0.2, 0.25) is 0 Å². The quantitative estimate of drug-likeness (QED) is 0.589. The Hall–Kier alpha value is -0.190. The molecule has 12 heavy (non-hydrogen) atoms. The maximum Gasteiger partial charge on any atom is 0.129 e. The number of halogens is 3. The van der Waals surface area contributed by atoms with E-state index in [9.17, 15) is 8.78 Å². The van der Waals surface area contributed by atoms with Crippen LogP contribution in [0.25, 0.3) is 0 Å². The summed E-state index contributed by atoms with van der Waals surface area (Å²) in [6.45, 7) is 0. The lowest BCUT2D eigenvalue weighted by Gasteiger charge is -2.00. The molecule has 3 heteroatoms. The average Bonchev–Trinajstić information content (AvgIpc) is 2.03. The smallest absolute Gasteiger partial charge is 0.129 e. The number of benzene rings is 1. The second-order valence-electron chi connectivity index (χ2n) is 2.53. The SMILES string of the molecule is Fc1ccc(CCCI)c(F)c1. The van der Waals surface area contributed by atoms with E-state index in [0.29, 0.717) is 12.0 Å². The van der Waals surface area contributed by atoms with Crippen molar-refractivity contribution in [3.05, 3.63) is 35.4 Å². The van der Waals surface area contributed by atoms with Crippen LogP contribution in [0.4, 0.5) is 8.78 Å². The molecule has 0 aliphatic heterocycles. The molecule has 0 radical (unpaired) electrons. The van der Waals surface area contributed by atoms with Crippen molar-refractivity contribution in [2.45, 2.75) is 12.8 Å².